The van der Waals surface area contributed by atoms with Crippen molar-refractivity contribution < 1.29 is 4.79 Å². The van der Waals surface area contributed by atoms with Gasteiger partial charge < -0.3 is 21.7 Å². The number of carbonyl (C=O) groups excluding carboxylic acids is 1. The van der Waals surface area contributed by atoms with Crippen LogP contribution >= 0.6 is 0 Å². The van der Waals surface area contributed by atoms with Crippen molar-refractivity contribution in [3.05, 3.63) is 0 Å². The SMILES string of the molecule is CCC(C)C(=O)NCCCNCCCNCCCN. The number of nitrogens with two attached hydrogens (primary N) is 1. The summed E-state index contributed by atoms with van der Waals surface area (Å²) in [5.74, 6) is 0.305. The molecule has 0 aliphatic carbocycles. The van der Waals surface area contributed by atoms with E-state index in [9.17, 15) is 4.79 Å². The van der Waals surface area contributed by atoms with Crippen molar-refractivity contribution in [2.24, 2.45) is 11.7 Å². The third-order valence-electron chi connectivity index (χ3n) is 3.15. The molecule has 0 bridgehead atoms. The molecule has 5 N–H and O–H groups in total. The van der Waals surface area contributed by atoms with Crippen molar-refractivity contribution in [1.29, 1.82) is 0 Å². The van der Waals surface area contributed by atoms with Crippen LogP contribution in [0.15, 0.2) is 0 Å². The third-order valence-corrected chi connectivity index (χ3v) is 3.15. The summed E-state index contributed by atoms with van der Waals surface area (Å²) < 4.78 is 0. The second kappa shape index (κ2) is 13.8. The highest BCUT2D eigenvalue weighted by atomic mass is 16.1. The van der Waals surface area contributed by atoms with Crippen LogP contribution in [0.1, 0.15) is 39.5 Å². The normalized spacial score (nSPS) is 12.4. The molecule has 5 heteroatoms. The van der Waals surface area contributed by atoms with Crippen molar-refractivity contribution >= 4 is 5.91 Å². The maximum Gasteiger partial charge on any atom is 0.222 e. The Labute approximate surface area is 118 Å². The Bertz CT molecular complexity index is 212. The first-order valence-electron chi connectivity index (χ1n) is 7.61. The van der Waals surface area contributed by atoms with E-state index in [-0.39, 0.29) is 11.8 Å². The van der Waals surface area contributed by atoms with Crippen molar-refractivity contribution in [2.45, 2.75) is 39.5 Å². The van der Waals surface area contributed by atoms with Crippen LogP contribution in [0, 0.1) is 5.92 Å². The van der Waals surface area contributed by atoms with Gasteiger partial charge in [-0.1, -0.05) is 13.8 Å². The summed E-state index contributed by atoms with van der Waals surface area (Å²) in [7, 11) is 0. The average Bonchev–Trinajstić information content (AvgIpc) is 2.43. The van der Waals surface area contributed by atoms with Gasteiger partial charge >= 0.3 is 0 Å². The molecule has 0 aromatic rings. The standard InChI is InChI=1S/C14H32N4O/c1-3-13(2)14(19)18-12-6-11-17-10-5-9-16-8-4-7-15/h13,16-17H,3-12,15H2,1-2H3,(H,18,19). The van der Waals surface area contributed by atoms with Gasteiger partial charge in [-0.2, -0.15) is 0 Å². The Morgan fingerprint density at radius 2 is 1.53 bits per heavy atom. The van der Waals surface area contributed by atoms with E-state index in [1.807, 2.05) is 13.8 Å². The molecule has 1 atom stereocenters. The third kappa shape index (κ3) is 12.1. The fourth-order valence-electron chi connectivity index (χ4n) is 1.60. The van der Waals surface area contributed by atoms with E-state index in [0.717, 1.165) is 65.0 Å². The molecular formula is C14H32N4O. The molecule has 1 unspecified atom stereocenters. The highest BCUT2D eigenvalue weighted by Crippen LogP contribution is 1.99. The van der Waals surface area contributed by atoms with E-state index < -0.39 is 0 Å². The summed E-state index contributed by atoms with van der Waals surface area (Å²) in [6.45, 7) is 9.56. The van der Waals surface area contributed by atoms with Crippen LogP contribution in [-0.2, 0) is 4.79 Å². The minimum absolute atomic E-state index is 0.132. The number of hydrogen-bond donors (Lipinski definition) is 4. The zero-order valence-electron chi connectivity index (χ0n) is 12.6. The summed E-state index contributed by atoms with van der Waals surface area (Å²) in [5, 5.41) is 9.68. The molecule has 19 heavy (non-hydrogen) atoms. The fourth-order valence-corrected chi connectivity index (χ4v) is 1.60. The quantitative estimate of drug-likeness (QED) is 0.367. The van der Waals surface area contributed by atoms with Crippen LogP contribution in [0.5, 0.6) is 0 Å². The van der Waals surface area contributed by atoms with Gasteiger partial charge in [0, 0.05) is 12.5 Å². The van der Waals surface area contributed by atoms with Gasteiger partial charge in [-0.3, -0.25) is 4.79 Å². The van der Waals surface area contributed by atoms with Gasteiger partial charge in [-0.15, -0.1) is 0 Å². The van der Waals surface area contributed by atoms with Crippen molar-refractivity contribution in [1.82, 2.24) is 16.0 Å². The van der Waals surface area contributed by atoms with E-state index in [1.165, 1.54) is 0 Å². The number of rotatable bonds is 13. The second-order valence-corrected chi connectivity index (χ2v) is 4.95. The molecule has 0 aromatic heterocycles. The second-order valence-electron chi connectivity index (χ2n) is 4.95. The number of nitrogens with one attached hydrogen (secondary N) is 3. The van der Waals surface area contributed by atoms with E-state index >= 15 is 0 Å². The van der Waals surface area contributed by atoms with Gasteiger partial charge in [0.25, 0.3) is 0 Å². The Morgan fingerprint density at radius 3 is 2.05 bits per heavy atom. The van der Waals surface area contributed by atoms with E-state index in [0.29, 0.717) is 0 Å². The van der Waals surface area contributed by atoms with Crippen LogP contribution in [-0.4, -0.2) is 45.2 Å². The zero-order valence-corrected chi connectivity index (χ0v) is 12.6. The van der Waals surface area contributed by atoms with Gasteiger partial charge in [-0.25, -0.2) is 0 Å². The molecule has 0 rings (SSSR count). The monoisotopic (exact) mass is 272 g/mol. The number of carbonyl (C=O) groups is 1. The van der Waals surface area contributed by atoms with Crippen LogP contribution in [0.25, 0.3) is 0 Å². The van der Waals surface area contributed by atoms with Crippen molar-refractivity contribution in [3.8, 4) is 0 Å². The largest absolute Gasteiger partial charge is 0.356 e. The van der Waals surface area contributed by atoms with Gasteiger partial charge in [0.2, 0.25) is 5.91 Å². The van der Waals surface area contributed by atoms with Gasteiger partial charge in [-0.05, 0) is 58.4 Å². The molecule has 0 fully saturated rings. The molecule has 0 radical (unpaired) electrons. The van der Waals surface area contributed by atoms with Crippen LogP contribution in [0.4, 0.5) is 0 Å². The molecule has 0 saturated heterocycles. The summed E-state index contributed by atoms with van der Waals surface area (Å²) in [6.07, 6.45) is 4.07. The van der Waals surface area contributed by atoms with Gasteiger partial charge in [0.1, 0.15) is 0 Å². The smallest absolute Gasteiger partial charge is 0.222 e. The van der Waals surface area contributed by atoms with Gasteiger partial charge in [0.05, 0.1) is 0 Å². The van der Waals surface area contributed by atoms with E-state index in [4.69, 9.17) is 5.73 Å². The molecule has 0 spiro atoms. The lowest BCUT2D eigenvalue weighted by atomic mass is 10.1. The predicted molar refractivity (Wildman–Crippen MR) is 81.1 cm³/mol. The summed E-state index contributed by atoms with van der Waals surface area (Å²) in [5.41, 5.74) is 5.40. The zero-order chi connectivity index (χ0) is 14.3. The minimum atomic E-state index is 0.132. The number of amides is 1. The summed E-state index contributed by atoms with van der Waals surface area (Å²) in [4.78, 5) is 11.5. The topological polar surface area (TPSA) is 79.2 Å². The highest BCUT2D eigenvalue weighted by molar-refractivity contribution is 5.78. The fraction of sp³-hybridized carbons (Fsp3) is 0.929. The molecule has 1 amide bonds. The molecule has 5 nitrogen and oxygen atoms in total. The Kier molecular flexibility index (Phi) is 13.3. The first kappa shape index (κ1) is 18.4. The Morgan fingerprint density at radius 1 is 1.00 bits per heavy atom. The molecule has 0 heterocycles. The van der Waals surface area contributed by atoms with Crippen LogP contribution < -0.4 is 21.7 Å². The lowest BCUT2D eigenvalue weighted by molar-refractivity contribution is -0.124. The maximum atomic E-state index is 11.5. The molecule has 0 aliphatic rings. The average molecular weight is 272 g/mol. The summed E-state index contributed by atoms with van der Waals surface area (Å²) >= 11 is 0. The first-order chi connectivity index (χ1) is 9.22. The molecule has 0 aliphatic heterocycles. The lowest BCUT2D eigenvalue weighted by Gasteiger charge is -2.10. The number of hydrogen-bond acceptors (Lipinski definition) is 4. The molecular weight excluding hydrogens is 240 g/mol. The first-order valence-corrected chi connectivity index (χ1v) is 7.61. The minimum Gasteiger partial charge on any atom is -0.356 e. The maximum absolute atomic E-state index is 11.5. The lowest BCUT2D eigenvalue weighted by Crippen LogP contribution is -2.31. The van der Waals surface area contributed by atoms with Crippen LogP contribution in [0.3, 0.4) is 0 Å². The van der Waals surface area contributed by atoms with Crippen LogP contribution in [0.2, 0.25) is 0 Å². The highest BCUT2D eigenvalue weighted by Gasteiger charge is 2.08. The Hall–Kier alpha value is -0.650. The van der Waals surface area contributed by atoms with Crippen molar-refractivity contribution in [2.75, 3.05) is 39.3 Å². The summed E-state index contributed by atoms with van der Waals surface area (Å²) in [6, 6.07) is 0. The molecule has 0 saturated carbocycles. The van der Waals surface area contributed by atoms with E-state index in [2.05, 4.69) is 16.0 Å². The molecule has 114 valence electrons. The van der Waals surface area contributed by atoms with Gasteiger partial charge in [0.15, 0.2) is 0 Å². The van der Waals surface area contributed by atoms with E-state index in [1.54, 1.807) is 0 Å². The van der Waals surface area contributed by atoms with Crippen molar-refractivity contribution in [3.63, 3.8) is 0 Å². The molecule has 0 aromatic carbocycles. The Balaban J connectivity index is 3.13. The predicted octanol–water partition coefficient (Wildman–Crippen LogP) is 0.457.